The highest BCUT2D eigenvalue weighted by Gasteiger charge is 2.24. The number of nitrogens with zero attached hydrogens (tertiary/aromatic N) is 4. The lowest BCUT2D eigenvalue weighted by molar-refractivity contribution is -0.133. The zero-order valence-electron chi connectivity index (χ0n) is 12.1. The van der Waals surface area contributed by atoms with Crippen LogP contribution < -0.4 is 4.74 Å². The van der Waals surface area contributed by atoms with Gasteiger partial charge in [0.05, 0.1) is 6.20 Å². The van der Waals surface area contributed by atoms with Crippen molar-refractivity contribution in [2.24, 2.45) is 0 Å². The Morgan fingerprint density at radius 1 is 1.32 bits per heavy atom. The van der Waals surface area contributed by atoms with Crippen molar-refractivity contribution in [2.45, 2.75) is 25.5 Å². The Hall–Kier alpha value is -2.44. The van der Waals surface area contributed by atoms with Crippen LogP contribution in [0.4, 0.5) is 4.39 Å². The summed E-state index contributed by atoms with van der Waals surface area (Å²) in [7, 11) is 0. The topological polar surface area (TPSA) is 60.2 Å². The Balaban J connectivity index is 1.50. The van der Waals surface area contributed by atoms with Gasteiger partial charge in [0.2, 0.25) is 5.91 Å². The van der Waals surface area contributed by atoms with Gasteiger partial charge in [-0.3, -0.25) is 4.79 Å². The number of hydrogen-bond acceptors (Lipinski definition) is 4. The lowest BCUT2D eigenvalue weighted by Gasteiger charge is -2.32. The molecule has 7 heteroatoms. The van der Waals surface area contributed by atoms with E-state index in [0.29, 0.717) is 25.9 Å². The van der Waals surface area contributed by atoms with Gasteiger partial charge < -0.3 is 9.64 Å². The first kappa shape index (κ1) is 14.5. The van der Waals surface area contributed by atoms with Crippen LogP contribution in [0.5, 0.6) is 5.75 Å². The van der Waals surface area contributed by atoms with Crippen molar-refractivity contribution in [3.63, 3.8) is 0 Å². The number of halogens is 1. The summed E-state index contributed by atoms with van der Waals surface area (Å²) in [6.45, 7) is 1.40. The average molecular weight is 304 g/mol. The smallest absolute Gasteiger partial charge is 0.244 e. The molecule has 1 amide bonds. The number of piperidine rings is 1. The van der Waals surface area contributed by atoms with E-state index in [1.165, 1.54) is 10.7 Å². The highest BCUT2D eigenvalue weighted by atomic mass is 19.1. The molecule has 6 nitrogen and oxygen atoms in total. The van der Waals surface area contributed by atoms with E-state index in [1.54, 1.807) is 35.5 Å². The molecule has 1 fully saturated rings. The van der Waals surface area contributed by atoms with Crippen LogP contribution in [0, 0.1) is 5.82 Å². The van der Waals surface area contributed by atoms with Gasteiger partial charge in [0.25, 0.3) is 0 Å². The third-order valence-corrected chi connectivity index (χ3v) is 3.69. The molecule has 0 N–H and O–H groups in total. The normalized spacial score (nSPS) is 15.8. The number of carbonyl (C=O) groups is 1. The summed E-state index contributed by atoms with van der Waals surface area (Å²) in [5, 5.41) is 7.46. The van der Waals surface area contributed by atoms with Gasteiger partial charge in [0.15, 0.2) is 11.6 Å². The number of benzene rings is 1. The molecule has 1 aliphatic rings. The summed E-state index contributed by atoms with van der Waals surface area (Å²) in [5.41, 5.74) is 0. The first-order chi connectivity index (χ1) is 10.7. The fraction of sp³-hybridized carbons (Fsp3) is 0.400. The molecule has 0 unspecified atom stereocenters. The van der Waals surface area contributed by atoms with Gasteiger partial charge in [0, 0.05) is 32.1 Å². The highest BCUT2D eigenvalue weighted by Crippen LogP contribution is 2.21. The molecule has 116 valence electrons. The molecule has 0 aliphatic carbocycles. The van der Waals surface area contributed by atoms with Crippen LogP contribution in [0.1, 0.15) is 12.8 Å². The standard InChI is InChI=1S/C15H17FN4O2/c16-13-3-1-2-4-14(13)22-12-5-8-19(9-6-12)15(21)11-20-10-7-17-18-20/h1-4,7,10,12H,5-6,8-9,11H2. The van der Waals surface area contributed by atoms with Crippen LogP contribution in [0.15, 0.2) is 36.7 Å². The number of para-hydroxylation sites is 1. The SMILES string of the molecule is O=C(Cn1ccnn1)N1CCC(Oc2ccccc2F)CC1. The molecular formula is C15H17FN4O2. The first-order valence-corrected chi connectivity index (χ1v) is 7.25. The zero-order chi connectivity index (χ0) is 15.4. The first-order valence-electron chi connectivity index (χ1n) is 7.25. The van der Waals surface area contributed by atoms with Gasteiger partial charge in [-0.2, -0.15) is 0 Å². The number of carbonyl (C=O) groups excluding carboxylic acids is 1. The van der Waals surface area contributed by atoms with Crippen molar-refractivity contribution in [1.82, 2.24) is 19.9 Å². The number of ether oxygens (including phenoxy) is 1. The van der Waals surface area contributed by atoms with E-state index in [9.17, 15) is 9.18 Å². The Morgan fingerprint density at radius 3 is 2.77 bits per heavy atom. The quantitative estimate of drug-likeness (QED) is 0.858. The van der Waals surface area contributed by atoms with Crippen LogP contribution in [0.3, 0.4) is 0 Å². The summed E-state index contributed by atoms with van der Waals surface area (Å²) >= 11 is 0. The molecule has 0 spiro atoms. The van der Waals surface area contributed by atoms with E-state index in [0.717, 1.165) is 0 Å². The minimum Gasteiger partial charge on any atom is -0.487 e. The van der Waals surface area contributed by atoms with Crippen molar-refractivity contribution in [3.8, 4) is 5.75 Å². The third-order valence-electron chi connectivity index (χ3n) is 3.69. The predicted molar refractivity (Wildman–Crippen MR) is 76.7 cm³/mol. The van der Waals surface area contributed by atoms with E-state index >= 15 is 0 Å². The van der Waals surface area contributed by atoms with Crippen LogP contribution in [-0.4, -0.2) is 45.0 Å². The number of likely N-dealkylation sites (tertiary alicyclic amines) is 1. The Labute approximate surface area is 127 Å². The van der Waals surface area contributed by atoms with Gasteiger partial charge >= 0.3 is 0 Å². The maximum Gasteiger partial charge on any atom is 0.244 e. The van der Waals surface area contributed by atoms with Crippen molar-refractivity contribution in [1.29, 1.82) is 0 Å². The molecule has 22 heavy (non-hydrogen) atoms. The van der Waals surface area contributed by atoms with E-state index in [-0.39, 0.29) is 30.1 Å². The van der Waals surface area contributed by atoms with Gasteiger partial charge in [-0.1, -0.05) is 17.3 Å². The lowest BCUT2D eigenvalue weighted by Crippen LogP contribution is -2.43. The molecule has 1 aromatic heterocycles. The fourth-order valence-electron chi connectivity index (χ4n) is 2.50. The van der Waals surface area contributed by atoms with Gasteiger partial charge in [-0.05, 0) is 12.1 Å². The number of aromatic nitrogens is 3. The summed E-state index contributed by atoms with van der Waals surface area (Å²) in [5.74, 6) is -0.0723. The summed E-state index contributed by atoms with van der Waals surface area (Å²) < 4.78 is 20.7. The van der Waals surface area contributed by atoms with Gasteiger partial charge in [-0.25, -0.2) is 9.07 Å². The number of amides is 1. The van der Waals surface area contributed by atoms with Crippen molar-refractivity contribution < 1.29 is 13.9 Å². The van der Waals surface area contributed by atoms with Gasteiger partial charge in [0.1, 0.15) is 12.6 Å². The molecule has 0 atom stereocenters. The molecule has 0 saturated carbocycles. The van der Waals surface area contributed by atoms with Crippen LogP contribution >= 0.6 is 0 Å². The number of rotatable bonds is 4. The van der Waals surface area contributed by atoms with Crippen LogP contribution in [0.25, 0.3) is 0 Å². The largest absolute Gasteiger partial charge is 0.487 e. The maximum atomic E-state index is 13.6. The van der Waals surface area contributed by atoms with E-state index in [2.05, 4.69) is 10.3 Å². The fourth-order valence-corrected chi connectivity index (χ4v) is 2.50. The van der Waals surface area contributed by atoms with Crippen LogP contribution in [0.2, 0.25) is 0 Å². The number of hydrogen-bond donors (Lipinski definition) is 0. The molecular weight excluding hydrogens is 287 g/mol. The van der Waals surface area contributed by atoms with Crippen LogP contribution in [-0.2, 0) is 11.3 Å². The second-order valence-electron chi connectivity index (χ2n) is 5.23. The Morgan fingerprint density at radius 2 is 2.09 bits per heavy atom. The van der Waals surface area contributed by atoms with E-state index in [1.807, 2.05) is 0 Å². The second kappa shape index (κ2) is 6.55. The van der Waals surface area contributed by atoms with Crippen molar-refractivity contribution >= 4 is 5.91 Å². The van der Waals surface area contributed by atoms with Gasteiger partial charge in [-0.15, -0.1) is 5.10 Å². The summed E-state index contributed by atoms with van der Waals surface area (Å²) in [6, 6.07) is 6.38. The zero-order valence-corrected chi connectivity index (χ0v) is 12.1. The Bertz CT molecular complexity index is 624. The molecule has 0 bridgehead atoms. The second-order valence-corrected chi connectivity index (χ2v) is 5.23. The molecule has 0 radical (unpaired) electrons. The Kier molecular flexibility index (Phi) is 4.32. The monoisotopic (exact) mass is 304 g/mol. The molecule has 3 rings (SSSR count). The molecule has 1 saturated heterocycles. The van der Waals surface area contributed by atoms with E-state index in [4.69, 9.17) is 4.74 Å². The molecule has 2 aromatic rings. The average Bonchev–Trinajstić information content (AvgIpc) is 3.03. The van der Waals surface area contributed by atoms with Crippen molar-refractivity contribution in [3.05, 3.63) is 42.5 Å². The van der Waals surface area contributed by atoms with E-state index < -0.39 is 0 Å². The molecule has 1 aliphatic heterocycles. The summed E-state index contributed by atoms with van der Waals surface area (Å²) in [4.78, 5) is 13.9. The lowest BCUT2D eigenvalue weighted by atomic mass is 10.1. The maximum absolute atomic E-state index is 13.6. The minimum absolute atomic E-state index is 0.00911. The predicted octanol–water partition coefficient (Wildman–Crippen LogP) is 1.49. The molecule has 1 aromatic carbocycles. The third kappa shape index (κ3) is 3.41. The minimum atomic E-state index is -0.354. The van der Waals surface area contributed by atoms with Crippen molar-refractivity contribution in [2.75, 3.05) is 13.1 Å². The molecule has 2 heterocycles. The highest BCUT2D eigenvalue weighted by molar-refractivity contribution is 5.75. The summed E-state index contributed by atoms with van der Waals surface area (Å²) in [6.07, 6.45) is 4.52.